The predicted molar refractivity (Wildman–Crippen MR) is 55.0 cm³/mol. The number of rotatable bonds is 4. The summed E-state index contributed by atoms with van der Waals surface area (Å²) in [4.78, 5) is 8.59. The molecule has 4 nitrogen and oxygen atoms in total. The Bertz CT molecular complexity index is 299. The quantitative estimate of drug-likeness (QED) is 0.778. The highest BCUT2D eigenvalue weighted by Gasteiger charge is 2.06. The summed E-state index contributed by atoms with van der Waals surface area (Å²) in [5.41, 5.74) is 7.73. The normalized spacial score (nSPS) is 12.9. The Kier molecular flexibility index (Phi) is 3.98. The molecule has 0 unspecified atom stereocenters. The summed E-state index contributed by atoms with van der Waals surface area (Å²) >= 11 is 0. The Labute approximate surface area is 84.5 Å². The van der Waals surface area contributed by atoms with Crippen LogP contribution in [0, 0.1) is 6.92 Å². The Hall–Kier alpha value is -1.00. The third kappa shape index (κ3) is 2.75. The van der Waals surface area contributed by atoms with Gasteiger partial charge in [0.15, 0.2) is 0 Å². The fraction of sp³-hybridized carbons (Fsp3) is 0.600. The van der Waals surface area contributed by atoms with E-state index in [2.05, 4.69) is 9.97 Å². The molecule has 0 spiro atoms. The van der Waals surface area contributed by atoms with Crippen LogP contribution in [0.3, 0.4) is 0 Å². The highest BCUT2D eigenvalue weighted by molar-refractivity contribution is 5.19. The van der Waals surface area contributed by atoms with Gasteiger partial charge < -0.3 is 10.5 Å². The van der Waals surface area contributed by atoms with E-state index in [1.807, 2.05) is 13.8 Å². The van der Waals surface area contributed by atoms with Gasteiger partial charge in [-0.2, -0.15) is 0 Å². The number of ether oxygens (including phenoxy) is 1. The lowest BCUT2D eigenvalue weighted by Gasteiger charge is -2.09. The zero-order valence-corrected chi connectivity index (χ0v) is 8.95. The molecule has 1 aromatic heterocycles. The molecule has 0 saturated heterocycles. The van der Waals surface area contributed by atoms with E-state index in [0.29, 0.717) is 6.61 Å². The molecule has 1 atom stereocenters. The van der Waals surface area contributed by atoms with Crippen LogP contribution in [0.2, 0.25) is 0 Å². The van der Waals surface area contributed by atoms with Crippen LogP contribution in [0.5, 0.6) is 0 Å². The van der Waals surface area contributed by atoms with Crippen molar-refractivity contribution in [3.8, 4) is 0 Å². The average Bonchev–Trinajstić information content (AvgIpc) is 2.14. The summed E-state index contributed by atoms with van der Waals surface area (Å²) in [5.74, 6) is 0.814. The van der Waals surface area contributed by atoms with E-state index in [9.17, 15) is 0 Å². The molecule has 0 radical (unpaired) electrons. The lowest BCUT2D eigenvalue weighted by molar-refractivity contribution is 0.200. The number of nitrogens with two attached hydrogens (primary N) is 1. The maximum Gasteiger partial charge on any atom is 0.130 e. The van der Waals surface area contributed by atoms with Gasteiger partial charge >= 0.3 is 0 Å². The van der Waals surface area contributed by atoms with E-state index in [4.69, 9.17) is 10.5 Å². The van der Waals surface area contributed by atoms with Gasteiger partial charge in [0.05, 0.1) is 6.61 Å². The third-order valence-corrected chi connectivity index (χ3v) is 2.09. The summed E-state index contributed by atoms with van der Waals surface area (Å²) < 4.78 is 4.96. The first kappa shape index (κ1) is 11.1. The van der Waals surface area contributed by atoms with Crippen molar-refractivity contribution in [1.82, 2.24) is 9.97 Å². The van der Waals surface area contributed by atoms with E-state index in [1.54, 1.807) is 13.3 Å². The predicted octanol–water partition coefficient (Wildman–Crippen LogP) is 0.994. The molecule has 1 heterocycles. The monoisotopic (exact) mass is 195 g/mol. The van der Waals surface area contributed by atoms with Crippen LogP contribution in [0.25, 0.3) is 0 Å². The van der Waals surface area contributed by atoms with Gasteiger partial charge in [0, 0.05) is 37.0 Å². The number of methoxy groups -OCH3 is 1. The second kappa shape index (κ2) is 5.02. The maximum atomic E-state index is 5.76. The van der Waals surface area contributed by atoms with Crippen molar-refractivity contribution in [3.63, 3.8) is 0 Å². The van der Waals surface area contributed by atoms with Crippen molar-refractivity contribution < 1.29 is 4.74 Å². The molecule has 1 aromatic rings. The number of nitrogens with zero attached hydrogens (tertiary/aromatic N) is 2. The van der Waals surface area contributed by atoms with Crippen molar-refractivity contribution in [3.05, 3.63) is 23.3 Å². The minimum Gasteiger partial charge on any atom is -0.384 e. The van der Waals surface area contributed by atoms with Crippen molar-refractivity contribution in [1.29, 1.82) is 0 Å². The maximum absolute atomic E-state index is 5.76. The van der Waals surface area contributed by atoms with E-state index in [0.717, 1.165) is 23.5 Å². The Balaban J connectivity index is 2.78. The van der Waals surface area contributed by atoms with E-state index >= 15 is 0 Å². The van der Waals surface area contributed by atoms with Crippen LogP contribution in [0.15, 0.2) is 6.20 Å². The van der Waals surface area contributed by atoms with Gasteiger partial charge in [-0.1, -0.05) is 0 Å². The van der Waals surface area contributed by atoms with Crippen LogP contribution in [-0.4, -0.2) is 23.7 Å². The Morgan fingerprint density at radius 3 is 2.79 bits per heavy atom. The zero-order valence-electron chi connectivity index (χ0n) is 8.95. The number of hydrogen-bond acceptors (Lipinski definition) is 4. The zero-order chi connectivity index (χ0) is 10.6. The van der Waals surface area contributed by atoms with E-state index in [1.165, 1.54) is 0 Å². The lowest BCUT2D eigenvalue weighted by atomic mass is 10.1. The molecule has 0 saturated carbocycles. The van der Waals surface area contributed by atoms with Crippen LogP contribution >= 0.6 is 0 Å². The molecule has 1 rings (SSSR count). The van der Waals surface area contributed by atoms with E-state index in [-0.39, 0.29) is 6.04 Å². The van der Waals surface area contributed by atoms with Crippen LogP contribution in [-0.2, 0) is 11.2 Å². The number of aryl methyl sites for hydroxylation is 1. The summed E-state index contributed by atoms with van der Waals surface area (Å²) in [6.45, 7) is 4.54. The van der Waals surface area contributed by atoms with Crippen molar-refractivity contribution in [2.75, 3.05) is 13.7 Å². The summed E-state index contributed by atoms with van der Waals surface area (Å²) in [6, 6.07) is -0.00789. The average molecular weight is 195 g/mol. The highest BCUT2D eigenvalue weighted by Crippen LogP contribution is 2.11. The molecular formula is C10H17N3O. The van der Waals surface area contributed by atoms with Crippen LogP contribution in [0.4, 0.5) is 0 Å². The second-order valence-corrected chi connectivity index (χ2v) is 3.36. The first-order valence-electron chi connectivity index (χ1n) is 4.72. The van der Waals surface area contributed by atoms with Crippen LogP contribution < -0.4 is 5.73 Å². The number of hydrogen-bond donors (Lipinski definition) is 1. The van der Waals surface area contributed by atoms with Gasteiger partial charge in [-0.15, -0.1) is 0 Å². The van der Waals surface area contributed by atoms with Gasteiger partial charge in [0.1, 0.15) is 5.82 Å². The molecule has 2 N–H and O–H groups in total. The van der Waals surface area contributed by atoms with E-state index < -0.39 is 0 Å². The molecule has 4 heteroatoms. The van der Waals surface area contributed by atoms with Crippen molar-refractivity contribution >= 4 is 0 Å². The van der Waals surface area contributed by atoms with Crippen molar-refractivity contribution in [2.24, 2.45) is 5.73 Å². The lowest BCUT2D eigenvalue weighted by Crippen LogP contribution is -2.11. The molecule has 0 amide bonds. The molecule has 0 aliphatic carbocycles. The molecule has 0 aliphatic rings. The fourth-order valence-corrected chi connectivity index (χ4v) is 1.29. The number of aromatic nitrogens is 2. The molecule has 14 heavy (non-hydrogen) atoms. The SMILES string of the molecule is COCCc1ncc([C@H](C)N)c(C)n1. The fourth-order valence-electron chi connectivity index (χ4n) is 1.29. The second-order valence-electron chi connectivity index (χ2n) is 3.36. The third-order valence-electron chi connectivity index (χ3n) is 2.09. The minimum atomic E-state index is -0.00789. The summed E-state index contributed by atoms with van der Waals surface area (Å²) in [7, 11) is 1.67. The topological polar surface area (TPSA) is 61.0 Å². The van der Waals surface area contributed by atoms with Gasteiger partial charge in [0.25, 0.3) is 0 Å². The van der Waals surface area contributed by atoms with Crippen molar-refractivity contribution in [2.45, 2.75) is 26.3 Å². The molecule has 0 fully saturated rings. The molecular weight excluding hydrogens is 178 g/mol. The minimum absolute atomic E-state index is 0.00789. The molecule has 0 aliphatic heterocycles. The smallest absolute Gasteiger partial charge is 0.130 e. The molecule has 0 aromatic carbocycles. The first-order chi connectivity index (χ1) is 6.65. The summed E-state index contributed by atoms with van der Waals surface area (Å²) in [6.07, 6.45) is 2.55. The Morgan fingerprint density at radius 1 is 1.57 bits per heavy atom. The molecule has 78 valence electrons. The largest absolute Gasteiger partial charge is 0.384 e. The van der Waals surface area contributed by atoms with Crippen LogP contribution in [0.1, 0.15) is 30.0 Å². The van der Waals surface area contributed by atoms with Gasteiger partial charge in [-0.05, 0) is 13.8 Å². The van der Waals surface area contributed by atoms with Gasteiger partial charge in [-0.3, -0.25) is 0 Å². The standard InChI is InChI=1S/C10H17N3O/c1-7(11)9-6-12-10(4-5-14-3)13-8(9)2/h6-7H,4-5,11H2,1-3H3/t7-/m0/s1. The summed E-state index contributed by atoms with van der Waals surface area (Å²) in [5, 5.41) is 0. The highest BCUT2D eigenvalue weighted by atomic mass is 16.5. The molecule has 0 bridgehead atoms. The first-order valence-corrected chi connectivity index (χ1v) is 4.72. The Morgan fingerprint density at radius 2 is 2.29 bits per heavy atom. The van der Waals surface area contributed by atoms with Gasteiger partial charge in [0.2, 0.25) is 0 Å². The van der Waals surface area contributed by atoms with Gasteiger partial charge in [-0.25, -0.2) is 9.97 Å².